The monoisotopic (exact) mass is 505 g/mol. The Bertz CT molecular complexity index is 1080. The molecular weight excluding hydrogens is 466 g/mol. The first-order chi connectivity index (χ1) is 17.8. The van der Waals surface area contributed by atoms with Gasteiger partial charge in [0.2, 0.25) is 17.7 Å². The van der Waals surface area contributed by atoms with Gasteiger partial charge in [-0.25, -0.2) is 0 Å². The molecule has 2 N–H and O–H groups in total. The quantitative estimate of drug-likeness (QED) is 0.573. The summed E-state index contributed by atoms with van der Waals surface area (Å²) in [4.78, 5) is 46.3. The lowest BCUT2D eigenvalue weighted by molar-refractivity contribution is -0.152. The van der Waals surface area contributed by atoms with Crippen molar-refractivity contribution < 1.29 is 14.4 Å². The predicted octanol–water partition coefficient (Wildman–Crippen LogP) is 1.99. The number of hydrogen-bond acceptors (Lipinski definition) is 5. The first-order valence-corrected chi connectivity index (χ1v) is 13.2. The summed E-state index contributed by atoms with van der Waals surface area (Å²) in [5.41, 5.74) is 3.48. The highest BCUT2D eigenvalue weighted by atomic mass is 16.2. The van der Waals surface area contributed by atoms with E-state index in [0.717, 1.165) is 17.7 Å². The minimum absolute atomic E-state index is 0.0419. The lowest BCUT2D eigenvalue weighted by Gasteiger charge is -2.43. The van der Waals surface area contributed by atoms with Gasteiger partial charge < -0.3 is 20.4 Å². The molecule has 2 aliphatic rings. The molecule has 0 saturated carbocycles. The second kappa shape index (κ2) is 11.9. The Kier molecular flexibility index (Phi) is 8.61. The third-order valence-electron chi connectivity index (χ3n) is 7.49. The van der Waals surface area contributed by atoms with Crippen molar-refractivity contribution in [1.29, 1.82) is 0 Å². The van der Waals surface area contributed by atoms with Gasteiger partial charge in [0.25, 0.3) is 0 Å². The lowest BCUT2D eigenvalue weighted by Crippen LogP contribution is -2.64. The summed E-state index contributed by atoms with van der Waals surface area (Å²) in [6, 6.07) is 16.6. The van der Waals surface area contributed by atoms with Crippen molar-refractivity contribution in [2.45, 2.75) is 58.5 Å². The first-order valence-electron chi connectivity index (χ1n) is 13.2. The van der Waals surface area contributed by atoms with E-state index >= 15 is 0 Å². The number of carbonyl (C=O) groups excluding carboxylic acids is 3. The van der Waals surface area contributed by atoms with Crippen molar-refractivity contribution in [3.63, 3.8) is 0 Å². The number of amides is 3. The summed E-state index contributed by atoms with van der Waals surface area (Å²) in [6.07, 6.45) is 0. The smallest absolute Gasteiger partial charge is 0.247 e. The van der Waals surface area contributed by atoms with E-state index in [1.54, 1.807) is 18.9 Å². The molecule has 37 heavy (non-hydrogen) atoms. The zero-order valence-corrected chi connectivity index (χ0v) is 22.3. The van der Waals surface area contributed by atoms with Crippen molar-refractivity contribution in [3.8, 4) is 0 Å². The number of rotatable bonds is 8. The normalized spacial score (nSPS) is 19.4. The van der Waals surface area contributed by atoms with Gasteiger partial charge in [0.05, 0.1) is 6.04 Å². The van der Waals surface area contributed by atoms with Crippen molar-refractivity contribution in [2.75, 3.05) is 26.7 Å². The highest BCUT2D eigenvalue weighted by Gasteiger charge is 2.42. The molecule has 1 fully saturated rings. The Labute approximate surface area is 220 Å². The van der Waals surface area contributed by atoms with Crippen LogP contribution in [0.25, 0.3) is 0 Å². The van der Waals surface area contributed by atoms with E-state index < -0.39 is 18.1 Å². The van der Waals surface area contributed by atoms with Gasteiger partial charge in [-0.3, -0.25) is 19.3 Å². The van der Waals surface area contributed by atoms with Crippen LogP contribution in [0.5, 0.6) is 0 Å². The number of hydrogen-bond donors (Lipinski definition) is 2. The molecule has 3 atom stereocenters. The van der Waals surface area contributed by atoms with Gasteiger partial charge in [-0.2, -0.15) is 0 Å². The maximum Gasteiger partial charge on any atom is 0.247 e. The summed E-state index contributed by atoms with van der Waals surface area (Å²) >= 11 is 0. The molecule has 2 aromatic carbocycles. The van der Waals surface area contributed by atoms with E-state index in [4.69, 9.17) is 0 Å². The molecule has 3 amide bonds. The fourth-order valence-corrected chi connectivity index (χ4v) is 5.10. The number of nitrogens with one attached hydrogen (secondary N) is 2. The van der Waals surface area contributed by atoms with Crippen molar-refractivity contribution in [2.24, 2.45) is 5.92 Å². The van der Waals surface area contributed by atoms with Crippen LogP contribution < -0.4 is 10.6 Å². The molecular formula is C29H39N5O3. The van der Waals surface area contributed by atoms with Crippen molar-refractivity contribution in [3.05, 3.63) is 71.3 Å². The van der Waals surface area contributed by atoms with E-state index in [-0.39, 0.29) is 23.6 Å². The van der Waals surface area contributed by atoms with Crippen LogP contribution in [0.4, 0.5) is 0 Å². The fraction of sp³-hybridized carbons (Fsp3) is 0.483. The standard InChI is InChI=1S/C29H39N5O3/c1-20(2)26(31-27(35)21(3)30-4)29(37)34-15-14-32(16-22-10-6-5-7-11-22)19-25(34)28(36)33-17-23-12-8-9-13-24(23)18-33/h5-13,20-21,25-26,30H,14-19H2,1-4H3,(H,31,35)/t21?,25?,26-/m0/s1. The Morgan fingerprint density at radius 2 is 1.54 bits per heavy atom. The van der Waals surface area contributed by atoms with Gasteiger partial charge in [0.1, 0.15) is 12.1 Å². The van der Waals surface area contributed by atoms with Crippen LogP contribution in [-0.4, -0.2) is 77.2 Å². The van der Waals surface area contributed by atoms with Crippen LogP contribution in [0.1, 0.15) is 37.5 Å². The molecule has 0 aromatic heterocycles. The lowest BCUT2D eigenvalue weighted by atomic mass is 9.99. The first kappa shape index (κ1) is 26.8. The van der Waals surface area contributed by atoms with E-state index in [1.807, 2.05) is 49.1 Å². The van der Waals surface area contributed by atoms with Gasteiger partial charge in [0.15, 0.2) is 0 Å². The minimum Gasteiger partial charge on any atom is -0.343 e. The van der Waals surface area contributed by atoms with Gasteiger partial charge in [-0.15, -0.1) is 0 Å². The van der Waals surface area contributed by atoms with Crippen LogP contribution in [-0.2, 0) is 34.0 Å². The molecule has 2 aliphatic heterocycles. The second-order valence-electron chi connectivity index (χ2n) is 10.5. The van der Waals surface area contributed by atoms with Crippen molar-refractivity contribution >= 4 is 17.7 Å². The average Bonchev–Trinajstić information content (AvgIpc) is 3.35. The van der Waals surface area contributed by atoms with Crippen molar-refractivity contribution in [1.82, 2.24) is 25.3 Å². The Hall–Kier alpha value is -3.23. The molecule has 1 saturated heterocycles. The molecule has 0 aliphatic carbocycles. The maximum absolute atomic E-state index is 14.0. The number of fused-ring (bicyclic) bond motifs is 1. The molecule has 4 rings (SSSR count). The average molecular weight is 506 g/mol. The van der Waals surface area contributed by atoms with Crippen LogP contribution in [0, 0.1) is 5.92 Å². The molecule has 2 unspecified atom stereocenters. The topological polar surface area (TPSA) is 85.0 Å². The molecule has 0 bridgehead atoms. The van der Waals surface area contributed by atoms with Crippen LogP contribution in [0.15, 0.2) is 54.6 Å². The largest absolute Gasteiger partial charge is 0.343 e. The minimum atomic E-state index is -0.699. The number of likely N-dealkylation sites (N-methyl/N-ethyl adjacent to an activating group) is 1. The molecule has 8 nitrogen and oxygen atoms in total. The third-order valence-corrected chi connectivity index (χ3v) is 7.49. The van der Waals surface area contributed by atoms with Crippen LogP contribution in [0.2, 0.25) is 0 Å². The zero-order valence-electron chi connectivity index (χ0n) is 22.3. The molecule has 0 radical (unpaired) electrons. The summed E-state index contributed by atoms with van der Waals surface area (Å²) in [5, 5.41) is 5.85. The van der Waals surface area contributed by atoms with Crippen LogP contribution in [0.3, 0.4) is 0 Å². The number of benzene rings is 2. The highest BCUT2D eigenvalue weighted by Crippen LogP contribution is 2.26. The van der Waals surface area contributed by atoms with Gasteiger partial charge in [-0.05, 0) is 36.6 Å². The SMILES string of the molecule is CNC(C)C(=O)N[C@H](C(=O)N1CCN(Cc2ccccc2)CC1C(=O)N1Cc2ccccc2C1)C(C)C. The van der Waals surface area contributed by atoms with Crippen LogP contribution >= 0.6 is 0 Å². The van der Waals surface area contributed by atoms with Gasteiger partial charge in [-0.1, -0.05) is 68.4 Å². The number of carbonyl (C=O) groups is 3. The fourth-order valence-electron chi connectivity index (χ4n) is 5.10. The zero-order chi connectivity index (χ0) is 26.5. The highest BCUT2D eigenvalue weighted by molar-refractivity contribution is 5.93. The maximum atomic E-state index is 14.0. The predicted molar refractivity (Wildman–Crippen MR) is 143 cm³/mol. The third kappa shape index (κ3) is 6.19. The summed E-state index contributed by atoms with van der Waals surface area (Å²) in [7, 11) is 1.71. The summed E-state index contributed by atoms with van der Waals surface area (Å²) < 4.78 is 0. The second-order valence-corrected chi connectivity index (χ2v) is 10.5. The van der Waals surface area contributed by atoms with Gasteiger partial charge >= 0.3 is 0 Å². The molecule has 0 spiro atoms. The molecule has 2 aromatic rings. The Morgan fingerprint density at radius 1 is 0.919 bits per heavy atom. The summed E-state index contributed by atoms with van der Waals surface area (Å²) in [6.45, 7) is 8.98. The van der Waals surface area contributed by atoms with E-state index in [9.17, 15) is 14.4 Å². The molecule has 198 valence electrons. The Balaban J connectivity index is 1.56. The summed E-state index contributed by atoms with van der Waals surface area (Å²) in [5.74, 6) is -0.578. The van der Waals surface area contributed by atoms with E-state index in [0.29, 0.717) is 32.7 Å². The van der Waals surface area contributed by atoms with E-state index in [1.165, 1.54) is 5.56 Å². The number of piperazine rings is 1. The Morgan fingerprint density at radius 3 is 2.14 bits per heavy atom. The molecule has 2 heterocycles. The number of nitrogens with zero attached hydrogens (tertiary/aromatic N) is 3. The van der Waals surface area contributed by atoms with E-state index in [2.05, 4.69) is 39.8 Å². The van der Waals surface area contributed by atoms with Gasteiger partial charge in [0, 0.05) is 39.3 Å². The molecule has 8 heteroatoms.